The molecule has 0 bridgehead atoms. The summed E-state index contributed by atoms with van der Waals surface area (Å²) in [6.07, 6.45) is 0.528. The molecule has 0 aliphatic carbocycles. The van der Waals surface area contributed by atoms with E-state index >= 15 is 0 Å². The van der Waals surface area contributed by atoms with Crippen molar-refractivity contribution in [2.24, 2.45) is 0 Å². The molecule has 1 aromatic heterocycles. The summed E-state index contributed by atoms with van der Waals surface area (Å²) in [6, 6.07) is 18.2. The molecule has 1 saturated heterocycles. The molecule has 6 heteroatoms. The second kappa shape index (κ2) is 8.86. The van der Waals surface area contributed by atoms with Gasteiger partial charge in [-0.1, -0.05) is 48.5 Å². The highest BCUT2D eigenvalue weighted by Crippen LogP contribution is 2.30. The van der Waals surface area contributed by atoms with Gasteiger partial charge in [0.2, 0.25) is 0 Å². The maximum Gasteiger partial charge on any atom is 0.347 e. The summed E-state index contributed by atoms with van der Waals surface area (Å²) in [4.78, 5) is 21.6. The van der Waals surface area contributed by atoms with Gasteiger partial charge >= 0.3 is 5.97 Å². The first-order valence-electron chi connectivity index (χ1n) is 9.85. The summed E-state index contributed by atoms with van der Waals surface area (Å²) >= 11 is 1.26. The highest BCUT2D eigenvalue weighted by Gasteiger charge is 2.19. The topological polar surface area (TPSA) is 56.7 Å². The van der Waals surface area contributed by atoms with Gasteiger partial charge in [0.15, 0.2) is 0 Å². The third-order valence-electron chi connectivity index (χ3n) is 5.28. The number of aromatic nitrogens is 1. The van der Waals surface area contributed by atoms with Crippen LogP contribution < -0.4 is 0 Å². The standard InChI is InChI=1S/C23H25N3O2S/c1-25-10-12-26(13-11-25)16-18-8-5-9-19(14-18)22-24-20(21(29-22)23(27)28)15-17-6-3-2-4-7-17/h2-9,14H,10-13,15-16H2,1H3,(H,27,28). The molecule has 0 unspecified atom stereocenters. The number of nitrogens with zero attached hydrogens (tertiary/aromatic N) is 3. The van der Waals surface area contributed by atoms with Crippen LogP contribution in [0.4, 0.5) is 0 Å². The van der Waals surface area contributed by atoms with Crippen LogP contribution in [0.1, 0.15) is 26.5 Å². The molecule has 1 N–H and O–H groups in total. The molecule has 4 rings (SSSR count). The van der Waals surface area contributed by atoms with E-state index in [9.17, 15) is 9.90 Å². The number of benzene rings is 2. The summed E-state index contributed by atoms with van der Waals surface area (Å²) in [5, 5.41) is 10.4. The van der Waals surface area contributed by atoms with E-state index < -0.39 is 5.97 Å². The van der Waals surface area contributed by atoms with E-state index in [2.05, 4.69) is 29.0 Å². The summed E-state index contributed by atoms with van der Waals surface area (Å²) in [5.41, 5.74) is 3.93. The summed E-state index contributed by atoms with van der Waals surface area (Å²) in [7, 11) is 2.16. The normalized spacial score (nSPS) is 15.5. The Hall–Kier alpha value is -2.54. The molecule has 0 amide bonds. The lowest BCUT2D eigenvalue weighted by Gasteiger charge is -2.32. The monoisotopic (exact) mass is 407 g/mol. The van der Waals surface area contributed by atoms with Gasteiger partial charge in [0.1, 0.15) is 9.88 Å². The molecule has 1 aliphatic heterocycles. The molecular weight excluding hydrogens is 382 g/mol. The third kappa shape index (κ3) is 4.90. The van der Waals surface area contributed by atoms with Crippen LogP contribution in [0.15, 0.2) is 54.6 Å². The minimum absolute atomic E-state index is 0.327. The number of thiazole rings is 1. The minimum Gasteiger partial charge on any atom is -0.477 e. The van der Waals surface area contributed by atoms with Crippen molar-refractivity contribution in [3.8, 4) is 10.6 Å². The number of carboxylic acid groups (broad SMARTS) is 1. The summed E-state index contributed by atoms with van der Waals surface area (Å²) < 4.78 is 0. The molecule has 2 heterocycles. The quantitative estimate of drug-likeness (QED) is 0.673. The van der Waals surface area contributed by atoms with E-state index in [1.165, 1.54) is 16.9 Å². The average Bonchev–Trinajstić information content (AvgIpc) is 3.15. The molecule has 0 spiro atoms. The Morgan fingerprint density at radius 3 is 2.48 bits per heavy atom. The number of piperazine rings is 1. The fraction of sp³-hybridized carbons (Fsp3) is 0.304. The van der Waals surface area contributed by atoms with E-state index in [0.717, 1.165) is 48.9 Å². The minimum atomic E-state index is -0.909. The molecule has 150 valence electrons. The van der Waals surface area contributed by atoms with Crippen molar-refractivity contribution in [3.63, 3.8) is 0 Å². The van der Waals surface area contributed by atoms with Crippen molar-refractivity contribution < 1.29 is 9.90 Å². The van der Waals surface area contributed by atoms with Gasteiger partial charge in [-0.2, -0.15) is 0 Å². The molecule has 1 fully saturated rings. The number of hydrogen-bond acceptors (Lipinski definition) is 5. The van der Waals surface area contributed by atoms with Gasteiger partial charge < -0.3 is 10.0 Å². The molecule has 2 aromatic carbocycles. The van der Waals surface area contributed by atoms with Crippen LogP contribution in [-0.2, 0) is 13.0 Å². The number of carbonyl (C=O) groups is 1. The largest absolute Gasteiger partial charge is 0.477 e. The van der Waals surface area contributed by atoms with Crippen LogP contribution in [-0.4, -0.2) is 59.1 Å². The van der Waals surface area contributed by atoms with Crippen LogP contribution in [0.2, 0.25) is 0 Å². The lowest BCUT2D eigenvalue weighted by atomic mass is 10.1. The highest BCUT2D eigenvalue weighted by atomic mass is 32.1. The lowest BCUT2D eigenvalue weighted by molar-refractivity contribution is 0.0701. The van der Waals surface area contributed by atoms with Crippen molar-refractivity contribution in [1.82, 2.24) is 14.8 Å². The molecule has 5 nitrogen and oxygen atoms in total. The van der Waals surface area contributed by atoms with Crippen LogP contribution in [0.25, 0.3) is 10.6 Å². The predicted octanol–water partition coefficient (Wildman–Crippen LogP) is 3.85. The Morgan fingerprint density at radius 2 is 1.76 bits per heavy atom. The zero-order valence-electron chi connectivity index (χ0n) is 16.5. The Kier molecular flexibility index (Phi) is 6.04. The first-order chi connectivity index (χ1) is 14.1. The zero-order chi connectivity index (χ0) is 20.2. The zero-order valence-corrected chi connectivity index (χ0v) is 17.4. The molecule has 1 aliphatic rings. The van der Waals surface area contributed by atoms with E-state index in [4.69, 9.17) is 4.98 Å². The molecule has 3 aromatic rings. The van der Waals surface area contributed by atoms with Crippen molar-refractivity contribution >= 4 is 17.3 Å². The van der Waals surface area contributed by atoms with Gasteiger partial charge in [0.25, 0.3) is 0 Å². The van der Waals surface area contributed by atoms with Crippen LogP contribution in [0, 0.1) is 0 Å². The van der Waals surface area contributed by atoms with Gasteiger partial charge in [-0.3, -0.25) is 4.90 Å². The lowest BCUT2D eigenvalue weighted by Crippen LogP contribution is -2.43. The summed E-state index contributed by atoms with van der Waals surface area (Å²) in [5.74, 6) is -0.909. The molecule has 0 radical (unpaired) electrons. The number of carboxylic acids is 1. The van der Waals surface area contributed by atoms with Crippen molar-refractivity contribution in [2.45, 2.75) is 13.0 Å². The van der Waals surface area contributed by atoms with Gasteiger partial charge in [0.05, 0.1) is 5.69 Å². The third-order valence-corrected chi connectivity index (χ3v) is 6.42. The first-order valence-corrected chi connectivity index (χ1v) is 10.7. The number of likely N-dealkylation sites (N-methyl/N-ethyl adjacent to an activating group) is 1. The predicted molar refractivity (Wildman–Crippen MR) is 117 cm³/mol. The van der Waals surface area contributed by atoms with Gasteiger partial charge in [-0.25, -0.2) is 9.78 Å². The average molecular weight is 408 g/mol. The van der Waals surface area contributed by atoms with E-state index in [1.807, 2.05) is 42.5 Å². The van der Waals surface area contributed by atoms with Gasteiger partial charge in [0, 0.05) is 44.7 Å². The van der Waals surface area contributed by atoms with Crippen molar-refractivity contribution in [2.75, 3.05) is 33.2 Å². The van der Waals surface area contributed by atoms with Crippen LogP contribution in [0.3, 0.4) is 0 Å². The summed E-state index contributed by atoms with van der Waals surface area (Å²) in [6.45, 7) is 5.24. The second-order valence-electron chi connectivity index (χ2n) is 7.54. The highest BCUT2D eigenvalue weighted by molar-refractivity contribution is 7.17. The van der Waals surface area contributed by atoms with E-state index in [1.54, 1.807) is 0 Å². The van der Waals surface area contributed by atoms with Crippen molar-refractivity contribution in [3.05, 3.63) is 76.3 Å². The second-order valence-corrected chi connectivity index (χ2v) is 8.54. The van der Waals surface area contributed by atoms with Crippen LogP contribution >= 0.6 is 11.3 Å². The molecule has 0 atom stereocenters. The Balaban J connectivity index is 1.56. The van der Waals surface area contributed by atoms with E-state index in [-0.39, 0.29) is 0 Å². The maximum absolute atomic E-state index is 11.8. The van der Waals surface area contributed by atoms with Gasteiger partial charge in [-0.15, -0.1) is 11.3 Å². The number of hydrogen-bond donors (Lipinski definition) is 1. The SMILES string of the molecule is CN1CCN(Cc2cccc(-c3nc(Cc4ccccc4)c(C(=O)O)s3)c2)CC1. The fourth-order valence-electron chi connectivity index (χ4n) is 3.62. The smallest absolute Gasteiger partial charge is 0.347 e. The molecular formula is C23H25N3O2S. The Morgan fingerprint density at radius 1 is 1.03 bits per heavy atom. The van der Waals surface area contributed by atoms with Gasteiger partial charge in [-0.05, 0) is 24.2 Å². The Labute approximate surface area is 175 Å². The molecule has 0 saturated carbocycles. The molecule has 29 heavy (non-hydrogen) atoms. The number of rotatable bonds is 6. The maximum atomic E-state index is 11.8. The van der Waals surface area contributed by atoms with Crippen LogP contribution in [0.5, 0.6) is 0 Å². The Bertz CT molecular complexity index is 979. The number of aromatic carboxylic acids is 1. The van der Waals surface area contributed by atoms with Crippen molar-refractivity contribution in [1.29, 1.82) is 0 Å². The first kappa shape index (κ1) is 19.8. The fourth-order valence-corrected chi connectivity index (χ4v) is 4.54. The van der Waals surface area contributed by atoms with E-state index in [0.29, 0.717) is 17.0 Å².